The number of anilines is 2. The first-order valence-electron chi connectivity index (χ1n) is 13.4. The van der Waals surface area contributed by atoms with Crippen molar-refractivity contribution in [3.05, 3.63) is 106 Å². The number of hydrogen-bond donors (Lipinski definition) is 3. The van der Waals surface area contributed by atoms with E-state index < -0.39 is 11.6 Å². The van der Waals surface area contributed by atoms with Crippen LogP contribution in [-0.4, -0.2) is 51.6 Å². The fourth-order valence-electron chi connectivity index (χ4n) is 5.45. The van der Waals surface area contributed by atoms with Gasteiger partial charge in [-0.1, -0.05) is 31.2 Å². The average Bonchev–Trinajstić information content (AvgIpc) is 3.09. The summed E-state index contributed by atoms with van der Waals surface area (Å²) in [5.74, 6) is -0.550. The van der Waals surface area contributed by atoms with E-state index in [1.807, 2.05) is 24.3 Å². The van der Waals surface area contributed by atoms with Crippen LogP contribution in [0.15, 0.2) is 71.9 Å². The summed E-state index contributed by atoms with van der Waals surface area (Å²) in [7, 11) is 0. The Kier molecular flexibility index (Phi) is 8.34. The Bertz CT molecular complexity index is 1640. The number of nitrogens with one attached hydrogen (secondary N) is 3. The molecule has 0 radical (unpaired) electrons. The Morgan fingerprint density at radius 1 is 1.00 bits per heavy atom. The summed E-state index contributed by atoms with van der Waals surface area (Å²) >= 11 is 6.32. The largest absolute Gasteiger partial charge is 0.353 e. The standard InChI is InChI=1S/C31H28ClF2N7.CH4/c1-17-15-41(16-18(2)38-17)30(35)19-6-9-22(10-7-19)39-31-37-14-20-13-36-29(27-25(33)4-3-5-26(27)34)24-12-21(32)8-11-23(24)28(20)40-31;/h3-12,14,17-18,35,38H,13,15-16H2,1-2H3,(H,37,39,40);1H4. The van der Waals surface area contributed by atoms with Gasteiger partial charge in [0.25, 0.3) is 0 Å². The van der Waals surface area contributed by atoms with Gasteiger partial charge in [0, 0.05) is 64.3 Å². The van der Waals surface area contributed by atoms with Crippen LogP contribution in [0.5, 0.6) is 0 Å². The number of amidine groups is 1. The van der Waals surface area contributed by atoms with Gasteiger partial charge in [-0.15, -0.1) is 0 Å². The molecule has 42 heavy (non-hydrogen) atoms. The molecule has 10 heteroatoms. The molecule has 4 aromatic rings. The summed E-state index contributed by atoms with van der Waals surface area (Å²) < 4.78 is 29.6. The van der Waals surface area contributed by atoms with Crippen molar-refractivity contribution in [3.63, 3.8) is 0 Å². The van der Waals surface area contributed by atoms with E-state index in [-0.39, 0.29) is 25.2 Å². The number of benzene rings is 3. The van der Waals surface area contributed by atoms with E-state index in [4.69, 9.17) is 22.0 Å². The van der Waals surface area contributed by atoms with Crippen molar-refractivity contribution >= 4 is 34.8 Å². The van der Waals surface area contributed by atoms with Crippen LogP contribution in [-0.2, 0) is 6.54 Å². The van der Waals surface area contributed by atoms with Crippen molar-refractivity contribution in [2.45, 2.75) is 39.9 Å². The fraction of sp³-hybridized carbons (Fsp3) is 0.250. The highest BCUT2D eigenvalue weighted by Gasteiger charge is 2.26. The quantitative estimate of drug-likeness (QED) is 0.180. The molecule has 0 saturated carbocycles. The zero-order valence-corrected chi connectivity index (χ0v) is 23.3. The summed E-state index contributed by atoms with van der Waals surface area (Å²) in [6.45, 7) is 5.97. The molecule has 0 aliphatic carbocycles. The maximum absolute atomic E-state index is 14.8. The second-order valence-electron chi connectivity index (χ2n) is 10.4. The molecule has 1 fully saturated rings. The molecule has 6 rings (SSSR count). The Balaban J connectivity index is 0.00000353. The third-order valence-corrected chi connectivity index (χ3v) is 7.49. The monoisotopic (exact) mass is 587 g/mol. The lowest BCUT2D eigenvalue weighted by Crippen LogP contribution is -2.55. The number of nitrogens with zero attached hydrogens (tertiary/aromatic N) is 4. The molecule has 3 aromatic carbocycles. The molecule has 1 saturated heterocycles. The normalized spacial score (nSPS) is 17.7. The number of hydrogen-bond acceptors (Lipinski definition) is 6. The molecule has 2 atom stereocenters. The predicted molar refractivity (Wildman–Crippen MR) is 165 cm³/mol. The number of fused-ring (bicyclic) bond motifs is 3. The lowest BCUT2D eigenvalue weighted by molar-refractivity contribution is 0.254. The van der Waals surface area contributed by atoms with E-state index in [9.17, 15) is 8.78 Å². The van der Waals surface area contributed by atoms with Crippen LogP contribution >= 0.6 is 11.6 Å². The van der Waals surface area contributed by atoms with E-state index >= 15 is 0 Å². The molecule has 0 spiro atoms. The van der Waals surface area contributed by atoms with Gasteiger partial charge in [-0.05, 0) is 62.4 Å². The molecule has 0 bridgehead atoms. The first-order valence-corrected chi connectivity index (χ1v) is 13.8. The molecule has 3 heterocycles. The van der Waals surface area contributed by atoms with Crippen molar-refractivity contribution in [1.82, 2.24) is 20.2 Å². The predicted octanol–water partition coefficient (Wildman–Crippen LogP) is 6.81. The molecule has 2 aliphatic rings. The number of piperazine rings is 1. The molecule has 216 valence electrons. The molecule has 1 aromatic heterocycles. The third kappa shape index (κ3) is 5.75. The van der Waals surface area contributed by atoms with Crippen molar-refractivity contribution in [2.75, 3.05) is 18.4 Å². The van der Waals surface area contributed by atoms with Crippen LogP contribution in [0.1, 0.15) is 43.5 Å². The van der Waals surface area contributed by atoms with Crippen molar-refractivity contribution in [2.24, 2.45) is 4.99 Å². The minimum absolute atomic E-state index is 0. The van der Waals surface area contributed by atoms with E-state index in [0.717, 1.165) is 24.3 Å². The number of aliphatic imine (C=N–C) groups is 1. The lowest BCUT2D eigenvalue weighted by atomic mass is 9.95. The van der Waals surface area contributed by atoms with Gasteiger partial charge in [0.1, 0.15) is 17.5 Å². The lowest BCUT2D eigenvalue weighted by Gasteiger charge is -2.37. The summed E-state index contributed by atoms with van der Waals surface area (Å²) in [5, 5.41) is 15.8. The van der Waals surface area contributed by atoms with Crippen LogP contribution in [0, 0.1) is 17.0 Å². The van der Waals surface area contributed by atoms with Gasteiger partial charge < -0.3 is 15.5 Å². The molecular weight excluding hydrogens is 556 g/mol. The summed E-state index contributed by atoms with van der Waals surface area (Å²) in [6.07, 6.45) is 1.67. The topological polar surface area (TPSA) is 89.3 Å². The van der Waals surface area contributed by atoms with E-state index in [1.165, 1.54) is 18.2 Å². The van der Waals surface area contributed by atoms with Crippen molar-refractivity contribution in [1.29, 1.82) is 5.41 Å². The second kappa shape index (κ2) is 12.0. The smallest absolute Gasteiger partial charge is 0.227 e. The molecule has 0 amide bonds. The minimum atomic E-state index is -0.702. The van der Waals surface area contributed by atoms with Gasteiger partial charge in [-0.25, -0.2) is 18.7 Å². The first-order chi connectivity index (χ1) is 19.8. The van der Waals surface area contributed by atoms with Gasteiger partial charge in [-0.3, -0.25) is 10.4 Å². The highest BCUT2D eigenvalue weighted by atomic mass is 35.5. The van der Waals surface area contributed by atoms with Crippen molar-refractivity contribution in [3.8, 4) is 11.3 Å². The van der Waals surface area contributed by atoms with E-state index in [1.54, 1.807) is 24.4 Å². The Hall–Kier alpha value is -4.21. The highest BCUT2D eigenvalue weighted by Crippen LogP contribution is 2.34. The maximum Gasteiger partial charge on any atom is 0.227 e. The van der Waals surface area contributed by atoms with Gasteiger partial charge in [-0.2, -0.15) is 0 Å². The van der Waals surface area contributed by atoms with Gasteiger partial charge in [0.05, 0.1) is 23.5 Å². The Labute approximate surface area is 249 Å². The number of rotatable bonds is 4. The molecule has 2 aliphatic heterocycles. The third-order valence-electron chi connectivity index (χ3n) is 7.25. The zero-order valence-electron chi connectivity index (χ0n) is 22.5. The van der Waals surface area contributed by atoms with E-state index in [0.29, 0.717) is 51.3 Å². The second-order valence-corrected chi connectivity index (χ2v) is 10.9. The van der Waals surface area contributed by atoms with Crippen LogP contribution < -0.4 is 10.6 Å². The molecule has 7 nitrogen and oxygen atoms in total. The zero-order chi connectivity index (χ0) is 28.7. The number of aromatic nitrogens is 2. The summed E-state index contributed by atoms with van der Waals surface area (Å²) in [4.78, 5) is 15.9. The maximum atomic E-state index is 14.8. The van der Waals surface area contributed by atoms with Gasteiger partial charge in [0.15, 0.2) is 0 Å². The van der Waals surface area contributed by atoms with Gasteiger partial charge >= 0.3 is 0 Å². The Morgan fingerprint density at radius 2 is 1.69 bits per heavy atom. The van der Waals surface area contributed by atoms with Crippen LogP contribution in [0.2, 0.25) is 5.02 Å². The first kappa shape index (κ1) is 29.3. The summed E-state index contributed by atoms with van der Waals surface area (Å²) in [6, 6.07) is 17.1. The van der Waals surface area contributed by atoms with Gasteiger partial charge in [0.2, 0.25) is 5.95 Å². The fourth-order valence-corrected chi connectivity index (χ4v) is 5.63. The molecular formula is C32H32ClF2N7. The number of halogens is 3. The van der Waals surface area contributed by atoms with E-state index in [2.05, 4.69) is 39.4 Å². The average molecular weight is 588 g/mol. The Morgan fingerprint density at radius 3 is 2.38 bits per heavy atom. The van der Waals surface area contributed by atoms with Crippen LogP contribution in [0.3, 0.4) is 0 Å². The summed E-state index contributed by atoms with van der Waals surface area (Å²) in [5.41, 5.74) is 4.03. The van der Waals surface area contributed by atoms with Crippen LogP contribution in [0.25, 0.3) is 11.3 Å². The SMILES string of the molecule is C.CC1CN(C(=N)c2ccc(Nc3ncc4c(n3)-c3ccc(Cl)cc3C(c3c(F)cccc3F)=NC4)cc2)CC(C)N1. The highest BCUT2D eigenvalue weighted by molar-refractivity contribution is 6.31. The molecule has 3 N–H and O–H groups in total. The molecule has 2 unspecified atom stereocenters. The van der Waals surface area contributed by atoms with Crippen LogP contribution in [0.4, 0.5) is 20.4 Å². The minimum Gasteiger partial charge on any atom is -0.353 e. The van der Waals surface area contributed by atoms with Crippen molar-refractivity contribution < 1.29 is 8.78 Å².